The molecule has 0 aromatic heterocycles. The summed E-state index contributed by atoms with van der Waals surface area (Å²) in [4.78, 5) is 27.9. The summed E-state index contributed by atoms with van der Waals surface area (Å²) in [6, 6.07) is 25.2. The molecule has 1 fully saturated rings. The van der Waals surface area contributed by atoms with E-state index in [9.17, 15) is 9.59 Å². The number of rotatable bonds is 4. The number of nitrogens with zero attached hydrogens (tertiary/aromatic N) is 2. The van der Waals surface area contributed by atoms with Gasteiger partial charge >= 0.3 is 0 Å². The number of amides is 2. The van der Waals surface area contributed by atoms with Crippen LogP contribution in [0.25, 0.3) is 5.70 Å². The molecule has 2 aliphatic rings. The van der Waals surface area contributed by atoms with Crippen molar-refractivity contribution in [1.82, 2.24) is 10.3 Å². The maximum absolute atomic E-state index is 13.0. The fourth-order valence-electron chi connectivity index (χ4n) is 4.70. The second kappa shape index (κ2) is 8.94. The first kappa shape index (κ1) is 21.0. The third-order valence-corrected chi connectivity index (χ3v) is 6.57. The molecule has 5 heteroatoms. The van der Waals surface area contributed by atoms with Crippen LogP contribution in [0.2, 0.25) is 0 Å². The Morgan fingerprint density at radius 3 is 2.21 bits per heavy atom. The number of nitrogens with one attached hydrogen (secondary N) is 1. The molecule has 0 spiro atoms. The predicted molar refractivity (Wildman–Crippen MR) is 131 cm³/mol. The Labute approximate surface area is 194 Å². The van der Waals surface area contributed by atoms with Gasteiger partial charge in [0.25, 0.3) is 11.8 Å². The zero-order valence-corrected chi connectivity index (χ0v) is 18.5. The SMILES string of the molecule is C=C1NN(c2ccc(C(=O)N3CCC(Cc4ccccc4)CC3)cc2)C(=O)c2ccccc21. The number of piperidine rings is 1. The summed E-state index contributed by atoms with van der Waals surface area (Å²) in [6.07, 6.45) is 3.11. The van der Waals surface area contributed by atoms with Crippen LogP contribution in [0, 0.1) is 5.92 Å². The van der Waals surface area contributed by atoms with Crippen LogP contribution in [-0.2, 0) is 6.42 Å². The minimum Gasteiger partial charge on any atom is -0.339 e. The maximum Gasteiger partial charge on any atom is 0.277 e. The lowest BCUT2D eigenvalue weighted by Crippen LogP contribution is -2.46. The van der Waals surface area contributed by atoms with E-state index in [1.165, 1.54) is 10.6 Å². The fraction of sp³-hybridized carbons (Fsp3) is 0.214. The van der Waals surface area contributed by atoms with Crippen molar-refractivity contribution in [3.63, 3.8) is 0 Å². The van der Waals surface area contributed by atoms with Gasteiger partial charge in [-0.25, -0.2) is 5.01 Å². The van der Waals surface area contributed by atoms with Gasteiger partial charge in [-0.2, -0.15) is 0 Å². The summed E-state index contributed by atoms with van der Waals surface area (Å²) in [5.41, 5.74) is 7.84. The number of hydrogen-bond donors (Lipinski definition) is 1. The fourth-order valence-corrected chi connectivity index (χ4v) is 4.70. The molecule has 1 saturated heterocycles. The average Bonchev–Trinajstić information content (AvgIpc) is 2.87. The topological polar surface area (TPSA) is 52.7 Å². The molecule has 3 aromatic rings. The van der Waals surface area contributed by atoms with Crippen LogP contribution >= 0.6 is 0 Å². The Kier molecular flexibility index (Phi) is 5.69. The van der Waals surface area contributed by atoms with E-state index in [1.54, 1.807) is 18.2 Å². The van der Waals surface area contributed by atoms with E-state index in [2.05, 4.69) is 36.3 Å². The number of hydrogen-bond acceptors (Lipinski definition) is 3. The maximum atomic E-state index is 13.0. The van der Waals surface area contributed by atoms with Crippen LogP contribution in [0.3, 0.4) is 0 Å². The van der Waals surface area contributed by atoms with Crippen molar-refractivity contribution in [2.24, 2.45) is 5.92 Å². The highest BCUT2D eigenvalue weighted by atomic mass is 16.2. The number of anilines is 1. The van der Waals surface area contributed by atoms with Gasteiger partial charge in [-0.15, -0.1) is 0 Å². The molecule has 33 heavy (non-hydrogen) atoms. The number of likely N-dealkylation sites (tertiary alicyclic amines) is 1. The standard InChI is InChI=1S/C28H27N3O2/c1-20-25-9-5-6-10-26(25)28(33)31(29-20)24-13-11-23(12-14-24)27(32)30-17-15-22(16-18-30)19-21-7-3-2-4-8-21/h2-14,22,29H,1,15-19H2. The lowest BCUT2D eigenvalue weighted by atomic mass is 9.90. The first-order valence-electron chi connectivity index (χ1n) is 11.4. The van der Waals surface area contributed by atoms with Crippen molar-refractivity contribution in [3.05, 3.63) is 108 Å². The molecule has 0 aliphatic carbocycles. The van der Waals surface area contributed by atoms with E-state index >= 15 is 0 Å². The van der Waals surface area contributed by atoms with E-state index in [4.69, 9.17) is 0 Å². The van der Waals surface area contributed by atoms with E-state index < -0.39 is 0 Å². The summed E-state index contributed by atoms with van der Waals surface area (Å²) in [7, 11) is 0. The molecule has 2 heterocycles. The molecule has 0 unspecified atom stereocenters. The lowest BCUT2D eigenvalue weighted by Gasteiger charge is -2.33. The minimum atomic E-state index is -0.141. The molecule has 3 aromatic carbocycles. The van der Waals surface area contributed by atoms with Crippen molar-refractivity contribution in [2.45, 2.75) is 19.3 Å². The van der Waals surface area contributed by atoms with Gasteiger partial charge in [0.1, 0.15) is 0 Å². The minimum absolute atomic E-state index is 0.0485. The highest BCUT2D eigenvalue weighted by Crippen LogP contribution is 2.28. The molecule has 1 N–H and O–H groups in total. The predicted octanol–water partition coefficient (Wildman–Crippen LogP) is 4.92. The molecule has 0 atom stereocenters. The van der Waals surface area contributed by atoms with Crippen molar-refractivity contribution in [2.75, 3.05) is 18.1 Å². The summed E-state index contributed by atoms with van der Waals surface area (Å²) in [5, 5.41) is 1.48. The second-order valence-electron chi connectivity index (χ2n) is 8.75. The Morgan fingerprint density at radius 2 is 1.52 bits per heavy atom. The molecule has 2 amide bonds. The summed E-state index contributed by atoms with van der Waals surface area (Å²) in [6.45, 7) is 5.60. The van der Waals surface area contributed by atoms with E-state index in [1.807, 2.05) is 41.3 Å². The molecule has 166 valence electrons. The average molecular weight is 438 g/mol. The van der Waals surface area contributed by atoms with Crippen LogP contribution < -0.4 is 10.4 Å². The van der Waals surface area contributed by atoms with E-state index in [-0.39, 0.29) is 11.8 Å². The van der Waals surface area contributed by atoms with Crippen LogP contribution in [0.4, 0.5) is 5.69 Å². The molecular weight excluding hydrogens is 410 g/mol. The summed E-state index contributed by atoms with van der Waals surface area (Å²) in [5.74, 6) is 0.524. The first-order chi connectivity index (χ1) is 16.1. The van der Waals surface area contributed by atoms with Gasteiger partial charge in [0.05, 0.1) is 16.9 Å². The molecular formula is C28H27N3O2. The number of carbonyl (C=O) groups excluding carboxylic acids is 2. The number of fused-ring (bicyclic) bond motifs is 1. The number of hydrazine groups is 1. The van der Waals surface area contributed by atoms with Gasteiger partial charge in [0.15, 0.2) is 0 Å². The second-order valence-corrected chi connectivity index (χ2v) is 8.75. The van der Waals surface area contributed by atoms with Crippen LogP contribution in [0.1, 0.15) is 44.7 Å². The van der Waals surface area contributed by atoms with Crippen LogP contribution in [-0.4, -0.2) is 29.8 Å². The van der Waals surface area contributed by atoms with Crippen molar-refractivity contribution < 1.29 is 9.59 Å². The van der Waals surface area contributed by atoms with Gasteiger partial charge in [-0.05, 0) is 61.1 Å². The van der Waals surface area contributed by atoms with Crippen LogP contribution in [0.15, 0.2) is 85.4 Å². The normalized spacial score (nSPS) is 16.4. The van der Waals surface area contributed by atoms with Gasteiger partial charge in [0, 0.05) is 24.2 Å². The molecule has 0 saturated carbocycles. The van der Waals surface area contributed by atoms with E-state index in [0.717, 1.165) is 37.9 Å². The molecule has 0 radical (unpaired) electrons. The highest BCUT2D eigenvalue weighted by molar-refractivity contribution is 6.11. The molecule has 0 bridgehead atoms. The van der Waals surface area contributed by atoms with Crippen molar-refractivity contribution in [1.29, 1.82) is 0 Å². The summed E-state index contributed by atoms with van der Waals surface area (Å²) >= 11 is 0. The smallest absolute Gasteiger partial charge is 0.277 e. The highest BCUT2D eigenvalue weighted by Gasteiger charge is 2.28. The Morgan fingerprint density at radius 1 is 0.879 bits per heavy atom. The first-order valence-corrected chi connectivity index (χ1v) is 11.4. The summed E-state index contributed by atoms with van der Waals surface area (Å²) < 4.78 is 0. The van der Waals surface area contributed by atoms with Gasteiger partial charge < -0.3 is 4.90 Å². The van der Waals surface area contributed by atoms with Crippen molar-refractivity contribution >= 4 is 23.2 Å². The largest absolute Gasteiger partial charge is 0.339 e. The zero-order valence-electron chi connectivity index (χ0n) is 18.5. The number of benzene rings is 3. The molecule has 5 nitrogen and oxygen atoms in total. The Hall–Kier alpha value is -3.86. The third-order valence-electron chi connectivity index (χ3n) is 6.57. The number of carbonyl (C=O) groups is 2. The van der Waals surface area contributed by atoms with Gasteiger partial charge in [-0.3, -0.25) is 15.0 Å². The van der Waals surface area contributed by atoms with Gasteiger partial charge in [0.2, 0.25) is 0 Å². The lowest BCUT2D eigenvalue weighted by molar-refractivity contribution is 0.0690. The third kappa shape index (κ3) is 4.27. The monoisotopic (exact) mass is 437 g/mol. The zero-order chi connectivity index (χ0) is 22.8. The molecule has 5 rings (SSSR count). The Bertz CT molecular complexity index is 1180. The van der Waals surface area contributed by atoms with Crippen LogP contribution in [0.5, 0.6) is 0 Å². The van der Waals surface area contributed by atoms with E-state index in [0.29, 0.717) is 28.4 Å². The molecule has 2 aliphatic heterocycles. The quantitative estimate of drug-likeness (QED) is 0.631. The van der Waals surface area contributed by atoms with Gasteiger partial charge in [-0.1, -0.05) is 55.1 Å². The van der Waals surface area contributed by atoms with Crippen molar-refractivity contribution in [3.8, 4) is 0 Å². The Balaban J connectivity index is 1.23.